The van der Waals surface area contributed by atoms with Crippen LogP contribution in [0.2, 0.25) is 0 Å². The first-order valence-corrected chi connectivity index (χ1v) is 9.41. The highest BCUT2D eigenvalue weighted by atomic mass is 127. The van der Waals surface area contributed by atoms with Gasteiger partial charge < -0.3 is 14.4 Å². The number of ether oxygens (including phenoxy) is 2. The molecule has 0 unspecified atom stereocenters. The molecule has 8 nitrogen and oxygen atoms in total. The minimum absolute atomic E-state index is 0.00174. The largest absolute Gasteiger partial charge is 0.493 e. The Labute approximate surface area is 181 Å². The maximum Gasteiger partial charge on any atom is 0.269 e. The van der Waals surface area contributed by atoms with Crippen LogP contribution in [0.15, 0.2) is 42.0 Å². The van der Waals surface area contributed by atoms with Crippen LogP contribution in [0.3, 0.4) is 0 Å². The third-order valence-electron chi connectivity index (χ3n) is 3.82. The van der Waals surface area contributed by atoms with Gasteiger partial charge in [0.25, 0.3) is 11.6 Å². The van der Waals surface area contributed by atoms with E-state index in [0.717, 1.165) is 0 Å². The third kappa shape index (κ3) is 5.68. The van der Waals surface area contributed by atoms with Crippen LogP contribution in [-0.2, 0) is 11.4 Å². The molecule has 29 heavy (non-hydrogen) atoms. The molecule has 9 heteroatoms. The first-order chi connectivity index (χ1) is 13.8. The predicted octanol–water partition coefficient (Wildman–Crippen LogP) is 3.78. The summed E-state index contributed by atoms with van der Waals surface area (Å²) in [7, 11) is 4.63. The first kappa shape index (κ1) is 22.2. The Kier molecular flexibility index (Phi) is 7.55. The van der Waals surface area contributed by atoms with E-state index >= 15 is 0 Å². The zero-order chi connectivity index (χ0) is 21.6. The van der Waals surface area contributed by atoms with Crippen LogP contribution in [0, 0.1) is 25.0 Å². The highest BCUT2D eigenvalue weighted by Crippen LogP contribution is 2.35. The molecule has 0 radical (unpaired) electrons. The summed E-state index contributed by atoms with van der Waals surface area (Å²) in [6.45, 7) is 0.117. The van der Waals surface area contributed by atoms with Gasteiger partial charge in [-0.25, -0.2) is 0 Å². The van der Waals surface area contributed by atoms with Crippen LogP contribution in [0.4, 0.5) is 5.69 Å². The lowest BCUT2D eigenvalue weighted by Crippen LogP contribution is -2.22. The van der Waals surface area contributed by atoms with Gasteiger partial charge in [0.1, 0.15) is 18.2 Å². The Hall–Kier alpha value is -3.13. The summed E-state index contributed by atoms with van der Waals surface area (Å²) < 4.78 is 11.9. The molecule has 2 rings (SSSR count). The molecular formula is C20H18IN3O5. The number of rotatable bonds is 7. The van der Waals surface area contributed by atoms with Gasteiger partial charge in [0, 0.05) is 26.2 Å². The Bertz CT molecular complexity index is 1010. The lowest BCUT2D eigenvalue weighted by Gasteiger charge is -2.14. The van der Waals surface area contributed by atoms with Gasteiger partial charge in [-0.2, -0.15) is 5.26 Å². The van der Waals surface area contributed by atoms with E-state index in [1.54, 1.807) is 38.4 Å². The average molecular weight is 507 g/mol. The summed E-state index contributed by atoms with van der Waals surface area (Å²) >= 11 is 2.06. The molecule has 0 fully saturated rings. The monoisotopic (exact) mass is 507 g/mol. The van der Waals surface area contributed by atoms with Crippen molar-refractivity contribution in [1.82, 2.24) is 4.90 Å². The minimum atomic E-state index is -0.462. The highest BCUT2D eigenvalue weighted by Gasteiger charge is 2.15. The molecule has 0 saturated heterocycles. The zero-order valence-electron chi connectivity index (χ0n) is 16.0. The molecule has 0 bridgehead atoms. The van der Waals surface area contributed by atoms with E-state index in [9.17, 15) is 20.2 Å². The van der Waals surface area contributed by atoms with Crippen LogP contribution in [0.1, 0.15) is 11.1 Å². The number of non-ortho nitro benzene ring substituents is 1. The minimum Gasteiger partial charge on any atom is -0.493 e. The number of nitrogens with zero attached hydrogens (tertiary/aromatic N) is 3. The second-order valence-electron chi connectivity index (χ2n) is 6.12. The van der Waals surface area contributed by atoms with E-state index in [2.05, 4.69) is 22.6 Å². The zero-order valence-corrected chi connectivity index (χ0v) is 18.2. The fraction of sp³-hybridized carbons (Fsp3) is 0.200. The smallest absolute Gasteiger partial charge is 0.269 e. The highest BCUT2D eigenvalue weighted by molar-refractivity contribution is 14.1. The standard InChI is InChI=1S/C20H18IN3O5/c1-23(2)20(25)15(11-22)7-14-9-17(21)19(18(10-14)28-3)29-12-13-5-4-6-16(8-13)24(26)27/h4-10H,12H2,1-3H3/b15-7-. The molecule has 0 aliphatic carbocycles. The maximum atomic E-state index is 12.0. The van der Waals surface area contributed by atoms with Crippen molar-refractivity contribution in [3.05, 3.63) is 66.8 Å². The van der Waals surface area contributed by atoms with Gasteiger partial charge in [-0.1, -0.05) is 12.1 Å². The molecule has 0 atom stereocenters. The fourth-order valence-corrected chi connectivity index (χ4v) is 3.21. The van der Waals surface area contributed by atoms with Gasteiger partial charge in [-0.3, -0.25) is 14.9 Å². The molecule has 0 spiro atoms. The molecular weight excluding hydrogens is 489 g/mol. The molecule has 2 aromatic carbocycles. The van der Waals surface area contributed by atoms with E-state index in [-0.39, 0.29) is 17.9 Å². The summed E-state index contributed by atoms with van der Waals surface area (Å²) in [4.78, 5) is 23.8. The number of carbonyl (C=O) groups is 1. The van der Waals surface area contributed by atoms with Gasteiger partial charge in [0.2, 0.25) is 0 Å². The number of amides is 1. The number of halogens is 1. The molecule has 0 aliphatic rings. The van der Waals surface area contributed by atoms with Crippen molar-refractivity contribution in [3.63, 3.8) is 0 Å². The molecule has 1 amide bonds. The van der Waals surface area contributed by atoms with Crippen molar-refractivity contribution < 1.29 is 19.2 Å². The third-order valence-corrected chi connectivity index (χ3v) is 4.63. The van der Waals surface area contributed by atoms with Gasteiger partial charge in [0.15, 0.2) is 11.5 Å². The van der Waals surface area contributed by atoms with E-state index in [4.69, 9.17) is 9.47 Å². The molecule has 0 heterocycles. The van der Waals surface area contributed by atoms with Gasteiger partial charge in [0.05, 0.1) is 15.6 Å². The van der Waals surface area contributed by atoms with Gasteiger partial charge >= 0.3 is 0 Å². The normalized spacial score (nSPS) is 10.8. The molecule has 150 valence electrons. The van der Waals surface area contributed by atoms with E-state index in [0.29, 0.717) is 26.2 Å². The van der Waals surface area contributed by atoms with Crippen molar-refractivity contribution in [2.75, 3.05) is 21.2 Å². The number of carbonyl (C=O) groups excluding carboxylic acids is 1. The molecule has 0 N–H and O–H groups in total. The van der Waals surface area contributed by atoms with Crippen molar-refractivity contribution in [2.24, 2.45) is 0 Å². The number of likely N-dealkylation sites (N-methyl/N-ethyl adjacent to an activating group) is 1. The van der Waals surface area contributed by atoms with Crippen LogP contribution in [0.5, 0.6) is 11.5 Å². The average Bonchev–Trinajstić information content (AvgIpc) is 2.70. The van der Waals surface area contributed by atoms with E-state index < -0.39 is 10.8 Å². The van der Waals surface area contributed by atoms with Gasteiger partial charge in [-0.15, -0.1) is 0 Å². The predicted molar refractivity (Wildman–Crippen MR) is 115 cm³/mol. The number of benzene rings is 2. The number of nitriles is 1. The molecule has 0 aromatic heterocycles. The fourth-order valence-electron chi connectivity index (χ4n) is 2.43. The SMILES string of the molecule is COc1cc(/C=C(/C#N)C(=O)N(C)C)cc(I)c1OCc1cccc([N+](=O)[O-])c1. The Balaban J connectivity index is 2.31. The first-order valence-electron chi connectivity index (χ1n) is 8.34. The summed E-state index contributed by atoms with van der Waals surface area (Å²) in [5.74, 6) is 0.491. The van der Waals surface area contributed by atoms with Crippen LogP contribution in [-0.4, -0.2) is 36.9 Å². The molecule has 2 aromatic rings. The summed E-state index contributed by atoms with van der Waals surface area (Å²) in [5, 5.41) is 20.2. The number of methoxy groups -OCH3 is 1. The topological polar surface area (TPSA) is 106 Å². The lowest BCUT2D eigenvalue weighted by molar-refractivity contribution is -0.384. The quantitative estimate of drug-likeness (QED) is 0.186. The van der Waals surface area contributed by atoms with E-state index in [1.807, 2.05) is 6.07 Å². The summed E-state index contributed by atoms with van der Waals surface area (Å²) in [5.41, 5.74) is 1.24. The van der Waals surface area contributed by atoms with E-state index in [1.165, 1.54) is 30.2 Å². The second-order valence-corrected chi connectivity index (χ2v) is 7.28. The second kappa shape index (κ2) is 9.88. The number of hydrogen-bond acceptors (Lipinski definition) is 6. The maximum absolute atomic E-state index is 12.0. The van der Waals surface area contributed by atoms with Crippen molar-refractivity contribution in [3.8, 4) is 17.6 Å². The van der Waals surface area contributed by atoms with Crippen molar-refractivity contribution in [1.29, 1.82) is 5.26 Å². The van der Waals surface area contributed by atoms with Crippen LogP contribution < -0.4 is 9.47 Å². The van der Waals surface area contributed by atoms with Crippen LogP contribution in [0.25, 0.3) is 6.08 Å². The Morgan fingerprint density at radius 3 is 2.66 bits per heavy atom. The van der Waals surface area contributed by atoms with Crippen LogP contribution >= 0.6 is 22.6 Å². The van der Waals surface area contributed by atoms with Gasteiger partial charge in [-0.05, 0) is 51.9 Å². The summed E-state index contributed by atoms with van der Waals surface area (Å²) in [6, 6.07) is 11.5. The van der Waals surface area contributed by atoms with Crippen molar-refractivity contribution >= 4 is 40.3 Å². The Morgan fingerprint density at radius 2 is 2.07 bits per heavy atom. The molecule has 0 saturated carbocycles. The molecule has 0 aliphatic heterocycles. The Morgan fingerprint density at radius 1 is 1.34 bits per heavy atom. The number of nitro groups is 1. The number of nitro benzene ring substituents is 1. The number of hydrogen-bond donors (Lipinski definition) is 0. The lowest BCUT2D eigenvalue weighted by atomic mass is 10.1. The van der Waals surface area contributed by atoms with Crippen molar-refractivity contribution in [2.45, 2.75) is 6.61 Å². The summed E-state index contributed by atoms with van der Waals surface area (Å²) in [6.07, 6.45) is 1.48.